The van der Waals surface area contributed by atoms with Gasteiger partial charge >= 0.3 is 6.09 Å². The smallest absolute Gasteiger partial charge is 0.408 e. The van der Waals surface area contributed by atoms with E-state index in [1.807, 2.05) is 37.3 Å². The van der Waals surface area contributed by atoms with Crippen molar-refractivity contribution in [1.82, 2.24) is 5.32 Å². The summed E-state index contributed by atoms with van der Waals surface area (Å²) in [5.74, 6) is 2.55. The molecule has 1 N–H and O–H groups in total. The summed E-state index contributed by atoms with van der Waals surface area (Å²) in [6.07, 6.45) is 5.52. The number of hydrogen-bond donors (Lipinski definition) is 1. The zero-order valence-corrected chi connectivity index (χ0v) is 10.2. The maximum absolute atomic E-state index is 11.5. The van der Waals surface area contributed by atoms with Gasteiger partial charge in [-0.2, -0.15) is 0 Å². The van der Waals surface area contributed by atoms with Crippen LogP contribution >= 0.6 is 0 Å². The number of carbonyl (C=O) groups is 1. The van der Waals surface area contributed by atoms with Gasteiger partial charge in [0.1, 0.15) is 12.1 Å². The number of amides is 1. The lowest BCUT2D eigenvalue weighted by Crippen LogP contribution is -2.44. The van der Waals surface area contributed by atoms with Crippen molar-refractivity contribution in [2.45, 2.75) is 32.4 Å². The highest BCUT2D eigenvalue weighted by Gasteiger charge is 2.21. The Labute approximate surface area is 102 Å². The first-order valence-corrected chi connectivity index (χ1v) is 5.56. The number of benzene rings is 1. The molecular weight excluding hydrogens is 214 g/mol. The number of terminal acetylenes is 1. The molecule has 0 aliphatic rings. The van der Waals surface area contributed by atoms with E-state index in [1.54, 1.807) is 6.92 Å². The quantitative estimate of drug-likeness (QED) is 0.809. The van der Waals surface area contributed by atoms with Gasteiger partial charge in [-0.15, -0.1) is 6.42 Å². The van der Waals surface area contributed by atoms with Gasteiger partial charge in [-0.25, -0.2) is 4.79 Å². The van der Waals surface area contributed by atoms with E-state index < -0.39 is 11.6 Å². The van der Waals surface area contributed by atoms with Gasteiger partial charge in [0.15, 0.2) is 0 Å². The Morgan fingerprint density at radius 2 is 2.12 bits per heavy atom. The van der Waals surface area contributed by atoms with Crippen molar-refractivity contribution in [3.63, 3.8) is 0 Å². The Balaban J connectivity index is 2.44. The third-order valence-electron chi connectivity index (χ3n) is 2.62. The van der Waals surface area contributed by atoms with Crippen LogP contribution in [0.2, 0.25) is 0 Å². The Hall–Kier alpha value is -1.95. The lowest BCUT2D eigenvalue weighted by Gasteiger charge is -2.22. The Morgan fingerprint density at radius 1 is 1.47 bits per heavy atom. The van der Waals surface area contributed by atoms with E-state index in [0.29, 0.717) is 6.42 Å². The number of ether oxygens (including phenoxy) is 1. The van der Waals surface area contributed by atoms with Crippen LogP contribution in [0.1, 0.15) is 25.8 Å². The third-order valence-corrected chi connectivity index (χ3v) is 2.62. The summed E-state index contributed by atoms with van der Waals surface area (Å²) in [5.41, 5.74) is 0.301. The van der Waals surface area contributed by atoms with Gasteiger partial charge in [0.25, 0.3) is 0 Å². The van der Waals surface area contributed by atoms with Crippen LogP contribution < -0.4 is 5.32 Å². The summed E-state index contributed by atoms with van der Waals surface area (Å²) in [7, 11) is 0. The molecule has 0 aliphatic heterocycles. The molecule has 0 bridgehead atoms. The molecule has 0 aliphatic carbocycles. The molecule has 3 heteroatoms. The van der Waals surface area contributed by atoms with E-state index in [9.17, 15) is 4.79 Å². The number of hydrogen-bond acceptors (Lipinski definition) is 2. The van der Waals surface area contributed by atoms with Gasteiger partial charge < -0.3 is 10.1 Å². The van der Waals surface area contributed by atoms with Gasteiger partial charge in [-0.1, -0.05) is 43.2 Å². The standard InChI is InChI=1S/C14H17NO2/c1-4-14(3,5-2)15-13(16)17-11-12-9-7-6-8-10-12/h1,6-10H,5,11H2,2-3H3,(H,15,16). The first-order valence-electron chi connectivity index (χ1n) is 5.56. The number of nitrogens with one attached hydrogen (secondary N) is 1. The zero-order chi connectivity index (χ0) is 12.7. The van der Waals surface area contributed by atoms with Crippen LogP contribution in [0.25, 0.3) is 0 Å². The van der Waals surface area contributed by atoms with Crippen molar-refractivity contribution in [2.24, 2.45) is 0 Å². The van der Waals surface area contributed by atoms with Crippen LogP contribution in [-0.4, -0.2) is 11.6 Å². The fraction of sp³-hybridized carbons (Fsp3) is 0.357. The highest BCUT2D eigenvalue weighted by atomic mass is 16.5. The molecule has 1 unspecified atom stereocenters. The molecule has 0 saturated heterocycles. The minimum Gasteiger partial charge on any atom is -0.445 e. The van der Waals surface area contributed by atoms with E-state index >= 15 is 0 Å². The number of carbonyl (C=O) groups excluding carboxylic acids is 1. The van der Waals surface area contributed by atoms with Crippen LogP contribution in [0.4, 0.5) is 4.79 Å². The predicted octanol–water partition coefficient (Wildman–Crippen LogP) is 2.71. The SMILES string of the molecule is C#CC(C)(CC)NC(=O)OCc1ccccc1. The summed E-state index contributed by atoms with van der Waals surface area (Å²) in [5, 5.41) is 2.67. The highest BCUT2D eigenvalue weighted by Crippen LogP contribution is 2.08. The molecule has 90 valence electrons. The minimum absolute atomic E-state index is 0.247. The molecule has 1 amide bonds. The van der Waals surface area contributed by atoms with Crippen molar-refractivity contribution < 1.29 is 9.53 Å². The minimum atomic E-state index is -0.645. The number of alkyl carbamates (subject to hydrolysis) is 1. The summed E-state index contributed by atoms with van der Waals surface area (Å²) in [6.45, 7) is 3.95. The highest BCUT2D eigenvalue weighted by molar-refractivity contribution is 5.69. The zero-order valence-electron chi connectivity index (χ0n) is 10.2. The maximum atomic E-state index is 11.5. The van der Waals surface area contributed by atoms with Gasteiger partial charge in [-0.3, -0.25) is 0 Å². The van der Waals surface area contributed by atoms with E-state index in [-0.39, 0.29) is 6.61 Å². The van der Waals surface area contributed by atoms with Crippen LogP contribution in [-0.2, 0) is 11.3 Å². The van der Waals surface area contributed by atoms with Crippen molar-refractivity contribution in [2.75, 3.05) is 0 Å². The molecule has 0 spiro atoms. The van der Waals surface area contributed by atoms with Gasteiger partial charge in [0.05, 0.1) is 0 Å². The summed E-state index contributed by atoms with van der Waals surface area (Å²) < 4.78 is 5.08. The van der Waals surface area contributed by atoms with Gasteiger partial charge in [0.2, 0.25) is 0 Å². The first kappa shape index (κ1) is 13.1. The Kier molecular flexibility index (Phi) is 4.59. The van der Waals surface area contributed by atoms with Crippen molar-refractivity contribution in [1.29, 1.82) is 0 Å². The number of rotatable bonds is 4. The molecule has 1 rings (SSSR count). The molecule has 0 heterocycles. The lowest BCUT2D eigenvalue weighted by atomic mass is 10.0. The average molecular weight is 231 g/mol. The van der Waals surface area contributed by atoms with Gasteiger partial charge in [0, 0.05) is 0 Å². The van der Waals surface area contributed by atoms with Crippen LogP contribution in [0.3, 0.4) is 0 Å². The van der Waals surface area contributed by atoms with Crippen LogP contribution in [0.15, 0.2) is 30.3 Å². The molecule has 0 radical (unpaired) electrons. The Bertz CT molecular complexity index is 408. The van der Waals surface area contributed by atoms with E-state index in [0.717, 1.165) is 5.56 Å². The fourth-order valence-electron chi connectivity index (χ4n) is 1.21. The van der Waals surface area contributed by atoms with Gasteiger partial charge in [-0.05, 0) is 18.9 Å². The van der Waals surface area contributed by atoms with Crippen LogP contribution in [0, 0.1) is 12.3 Å². The van der Waals surface area contributed by atoms with E-state index in [1.165, 1.54) is 0 Å². The van der Waals surface area contributed by atoms with Crippen molar-refractivity contribution in [3.05, 3.63) is 35.9 Å². The summed E-state index contributed by atoms with van der Waals surface area (Å²) in [6, 6.07) is 9.50. The predicted molar refractivity (Wildman–Crippen MR) is 67.3 cm³/mol. The normalized spacial score (nSPS) is 13.2. The first-order chi connectivity index (χ1) is 8.09. The lowest BCUT2D eigenvalue weighted by molar-refractivity contribution is 0.132. The van der Waals surface area contributed by atoms with Crippen molar-refractivity contribution >= 4 is 6.09 Å². The van der Waals surface area contributed by atoms with Crippen molar-refractivity contribution in [3.8, 4) is 12.3 Å². The molecule has 3 nitrogen and oxygen atoms in total. The maximum Gasteiger partial charge on any atom is 0.408 e. The molecule has 1 aromatic rings. The second kappa shape index (κ2) is 5.95. The third kappa shape index (κ3) is 4.20. The second-order valence-corrected chi connectivity index (χ2v) is 4.02. The monoisotopic (exact) mass is 231 g/mol. The Morgan fingerprint density at radius 3 is 2.65 bits per heavy atom. The topological polar surface area (TPSA) is 38.3 Å². The second-order valence-electron chi connectivity index (χ2n) is 4.02. The molecule has 1 atom stereocenters. The molecule has 17 heavy (non-hydrogen) atoms. The largest absolute Gasteiger partial charge is 0.445 e. The molecule has 0 fully saturated rings. The molecule has 1 aromatic carbocycles. The summed E-state index contributed by atoms with van der Waals surface area (Å²) in [4.78, 5) is 11.5. The fourth-order valence-corrected chi connectivity index (χ4v) is 1.21. The molecular formula is C14H17NO2. The molecule has 0 aromatic heterocycles. The van der Waals surface area contributed by atoms with E-state index in [2.05, 4.69) is 11.2 Å². The van der Waals surface area contributed by atoms with E-state index in [4.69, 9.17) is 11.2 Å². The average Bonchev–Trinajstić information content (AvgIpc) is 2.37. The van der Waals surface area contributed by atoms with Crippen LogP contribution in [0.5, 0.6) is 0 Å². The molecule has 0 saturated carbocycles. The summed E-state index contributed by atoms with van der Waals surface area (Å²) >= 11 is 0.